The third kappa shape index (κ3) is 181. The van der Waals surface area contributed by atoms with Gasteiger partial charge in [-0.25, -0.2) is 0 Å². The van der Waals surface area contributed by atoms with Crippen LogP contribution in [-0.4, -0.2) is 96.4 Å². The summed E-state index contributed by atoms with van der Waals surface area (Å²) >= 11 is 0. The van der Waals surface area contributed by atoms with Gasteiger partial charge in [-0.15, -0.1) is 0 Å². The second-order valence-electron chi connectivity index (χ2n) is 2.89. The monoisotopic (exact) mass is 981 g/mol. The van der Waals surface area contributed by atoms with E-state index in [1.165, 1.54) is 0 Å². The van der Waals surface area contributed by atoms with Crippen LogP contribution in [0.1, 0.15) is 19.3 Å². The summed E-state index contributed by atoms with van der Waals surface area (Å²) in [5.74, 6) is 0. The Morgan fingerprint density at radius 3 is 0.500 bits per heavy atom. The van der Waals surface area contributed by atoms with Crippen LogP contribution in [0.5, 0.6) is 0 Å². The van der Waals surface area contributed by atoms with E-state index in [-0.39, 0.29) is 221 Å². The summed E-state index contributed by atoms with van der Waals surface area (Å²) in [4.78, 5) is 51.3. The van der Waals surface area contributed by atoms with E-state index in [0.717, 1.165) is 0 Å². The SMILES string of the molecule is O.O.O.O.O.O.O.O.O.O.O[P+](O)(O)CCCCC[P+](O)(O)O.[Cu].[Cu].[Cu].[Cu].[Cu].[Cu].[Cu].[Cu].[Cu]. The zero-order valence-corrected chi connectivity index (χ0v) is 25.1. The van der Waals surface area contributed by atoms with Crippen LogP contribution in [-0.2, 0) is 154 Å². The number of rotatable bonds is 6. The average molecular weight is 986 g/mol. The number of hydrogen-bond donors (Lipinski definition) is 6. The molecule has 0 rings (SSSR count). The normalized spacial score (nSPS) is 5.44. The zero-order valence-electron chi connectivity index (χ0n) is 14.8. The number of unbranched alkanes of at least 4 members (excludes halogenated alkanes) is 2. The molecule has 0 aliphatic heterocycles. The number of hydrogen-bond acceptors (Lipinski definition) is 6. The minimum Gasteiger partial charge on any atom is -0.412 e. The van der Waals surface area contributed by atoms with Crippen LogP contribution < -0.4 is 0 Å². The molecule has 0 saturated heterocycles. The molecule has 16 nitrogen and oxygen atoms in total. The maximum atomic E-state index is 8.56. The topological polar surface area (TPSA) is 436 Å². The fourth-order valence-electron chi connectivity index (χ4n) is 0.825. The molecular weight excluding hydrogens is 950 g/mol. The van der Waals surface area contributed by atoms with Crippen molar-refractivity contribution >= 4 is 15.9 Å². The molecule has 0 spiro atoms. The van der Waals surface area contributed by atoms with E-state index in [1.807, 2.05) is 0 Å². The summed E-state index contributed by atoms with van der Waals surface area (Å²) in [6, 6.07) is 0. The molecule has 0 aromatic heterocycles. The molecule has 0 fully saturated rings. The maximum Gasteiger partial charge on any atom is 0.403 e. The van der Waals surface area contributed by atoms with Crippen LogP contribution in [0.15, 0.2) is 0 Å². The molecular formula is C5H36Cu9O16P2+2. The summed E-state index contributed by atoms with van der Waals surface area (Å²) < 4.78 is 0. The van der Waals surface area contributed by atoms with Crippen molar-refractivity contribution in [3.8, 4) is 0 Å². The Balaban J connectivity index is -0.00000000421. The first kappa shape index (κ1) is 167. The van der Waals surface area contributed by atoms with E-state index >= 15 is 0 Å². The van der Waals surface area contributed by atoms with Crippen molar-refractivity contribution in [2.45, 2.75) is 19.3 Å². The van der Waals surface area contributed by atoms with Gasteiger partial charge in [0.2, 0.25) is 0 Å². The summed E-state index contributed by atoms with van der Waals surface area (Å²) in [5.41, 5.74) is 0. The molecule has 32 heavy (non-hydrogen) atoms. The molecule has 27 heteroatoms. The molecule has 0 saturated carbocycles. The first-order chi connectivity index (χ1) is 5.71. The third-order valence-corrected chi connectivity index (χ3v) is 3.25. The van der Waals surface area contributed by atoms with E-state index in [4.69, 9.17) is 29.4 Å². The Hall–Kier alpha value is 4.90. The second-order valence-corrected chi connectivity index (χ2v) is 6.56. The van der Waals surface area contributed by atoms with Gasteiger partial charge in [0.15, 0.2) is 0 Å². The first-order valence-corrected chi connectivity index (χ1v) is 7.50. The Bertz CT molecular complexity index is 158. The Kier molecular flexibility index (Phi) is 474. The van der Waals surface area contributed by atoms with Gasteiger partial charge in [-0.3, -0.25) is 0 Å². The van der Waals surface area contributed by atoms with E-state index < -0.39 is 15.9 Å². The van der Waals surface area contributed by atoms with E-state index in [1.54, 1.807) is 0 Å². The van der Waals surface area contributed by atoms with E-state index in [2.05, 4.69) is 0 Å². The van der Waals surface area contributed by atoms with Crippen molar-refractivity contribution in [3.63, 3.8) is 0 Å². The molecule has 0 unspecified atom stereocenters. The quantitative estimate of drug-likeness (QED) is 0.0852. The van der Waals surface area contributed by atoms with Crippen molar-refractivity contribution in [2.75, 3.05) is 12.3 Å². The van der Waals surface area contributed by atoms with Crippen LogP contribution in [0.2, 0.25) is 0 Å². The van der Waals surface area contributed by atoms with E-state index in [9.17, 15) is 0 Å². The standard InChI is InChI=1S/C5H16O6P2.9Cu.10H2O/c6-12(7,8)4-2-1-3-5-13(9,10)11;;;;;;;;;;;;;;;;;;;/h6-11H,1-5H2;;;;;;;;;;10*1H2/q+2;;;;;;;;;;;;;;;;;;;. The fraction of sp³-hybridized carbons (Fsp3) is 1.00. The zero-order chi connectivity index (χ0) is 10.5. The fourth-order valence-corrected chi connectivity index (χ4v) is 2.12. The van der Waals surface area contributed by atoms with Gasteiger partial charge in [0, 0.05) is 154 Å². The minimum absolute atomic E-state index is 0. The summed E-state index contributed by atoms with van der Waals surface area (Å²) in [7, 11) is -7.35. The molecule has 0 aromatic carbocycles. The van der Waals surface area contributed by atoms with Crippen LogP contribution in [0.3, 0.4) is 0 Å². The molecule has 0 amide bonds. The van der Waals surface area contributed by atoms with Crippen molar-refractivity contribution < 1.29 is 238 Å². The molecule has 259 valence electrons. The molecule has 0 aromatic rings. The predicted octanol–water partition coefficient (Wildman–Crippen LogP) is -8.63. The maximum absolute atomic E-state index is 8.56. The Morgan fingerprint density at radius 1 is 0.281 bits per heavy atom. The second kappa shape index (κ2) is 91.2. The van der Waals surface area contributed by atoms with Gasteiger partial charge < -0.3 is 54.8 Å². The molecule has 9 radical (unpaired) electrons. The summed E-state index contributed by atoms with van der Waals surface area (Å²) in [6.45, 7) is 0. The molecule has 0 aliphatic rings. The van der Waals surface area contributed by atoms with Crippen molar-refractivity contribution in [1.29, 1.82) is 0 Å². The van der Waals surface area contributed by atoms with Gasteiger partial charge in [0.25, 0.3) is 0 Å². The summed E-state index contributed by atoms with van der Waals surface area (Å²) in [6.07, 6.45) is 1.11. The van der Waals surface area contributed by atoms with Gasteiger partial charge >= 0.3 is 15.9 Å². The van der Waals surface area contributed by atoms with Crippen LogP contribution in [0.4, 0.5) is 0 Å². The van der Waals surface area contributed by atoms with Gasteiger partial charge in [0.05, 0.1) is 0 Å². The molecule has 0 heterocycles. The third-order valence-electron chi connectivity index (χ3n) is 1.42. The van der Waals surface area contributed by atoms with Crippen LogP contribution in [0, 0.1) is 0 Å². The molecule has 0 aliphatic carbocycles. The first-order valence-electron chi connectivity index (χ1n) is 3.83. The van der Waals surface area contributed by atoms with Gasteiger partial charge in [-0.05, 0) is 19.3 Å². The van der Waals surface area contributed by atoms with Gasteiger partial charge in [0.1, 0.15) is 12.3 Å². The molecule has 0 atom stereocenters. The van der Waals surface area contributed by atoms with Crippen LogP contribution >= 0.6 is 15.9 Å². The van der Waals surface area contributed by atoms with Crippen molar-refractivity contribution in [1.82, 2.24) is 0 Å². The average Bonchev–Trinajstić information content (AvgIpc) is 1.81. The molecule has 26 N–H and O–H groups in total. The van der Waals surface area contributed by atoms with Gasteiger partial charge in [-0.2, -0.15) is 29.4 Å². The minimum atomic E-state index is -3.68. The predicted molar refractivity (Wildman–Crippen MR) is 86.9 cm³/mol. The van der Waals surface area contributed by atoms with E-state index in [0.29, 0.717) is 19.3 Å². The van der Waals surface area contributed by atoms with Gasteiger partial charge in [-0.1, -0.05) is 0 Å². The van der Waals surface area contributed by atoms with Crippen LogP contribution in [0.25, 0.3) is 0 Å². The largest absolute Gasteiger partial charge is 0.412 e. The summed E-state index contributed by atoms with van der Waals surface area (Å²) in [5, 5.41) is 0. The smallest absolute Gasteiger partial charge is 0.403 e. The molecule has 0 bridgehead atoms. The Morgan fingerprint density at radius 2 is 0.406 bits per heavy atom. The van der Waals surface area contributed by atoms with Crippen molar-refractivity contribution in [3.05, 3.63) is 0 Å². The van der Waals surface area contributed by atoms with Crippen molar-refractivity contribution in [2.24, 2.45) is 0 Å². The Labute approximate surface area is 282 Å².